The van der Waals surface area contributed by atoms with Crippen molar-refractivity contribution < 1.29 is 19.4 Å². The van der Waals surface area contributed by atoms with Crippen LogP contribution in [0.15, 0.2) is 0 Å². The van der Waals surface area contributed by atoms with Gasteiger partial charge in [-0.05, 0) is 12.8 Å². The molecule has 2 atom stereocenters. The Balaban J connectivity index is 2.52. The average molecular weight is 174 g/mol. The number of aliphatic hydroxyl groups is 1. The molecule has 0 bridgehead atoms. The lowest BCUT2D eigenvalue weighted by molar-refractivity contribution is -0.149. The first-order chi connectivity index (χ1) is 5.75. The van der Waals surface area contributed by atoms with Crippen molar-refractivity contribution >= 4 is 5.97 Å². The van der Waals surface area contributed by atoms with E-state index in [0.29, 0.717) is 26.1 Å². The third-order valence-corrected chi connectivity index (χ3v) is 2.10. The fourth-order valence-corrected chi connectivity index (χ4v) is 1.34. The quantitative estimate of drug-likeness (QED) is 0.566. The minimum Gasteiger partial charge on any atom is -0.469 e. The molecule has 0 radical (unpaired) electrons. The van der Waals surface area contributed by atoms with Crippen LogP contribution in [0.3, 0.4) is 0 Å². The number of hydrogen-bond donors (Lipinski definition) is 1. The first-order valence-electron chi connectivity index (χ1n) is 4.09. The van der Waals surface area contributed by atoms with Gasteiger partial charge in [0.2, 0.25) is 0 Å². The van der Waals surface area contributed by atoms with E-state index in [1.165, 1.54) is 7.11 Å². The zero-order valence-electron chi connectivity index (χ0n) is 7.16. The van der Waals surface area contributed by atoms with Crippen LogP contribution in [0.5, 0.6) is 0 Å². The number of ether oxygens (including phenoxy) is 2. The number of esters is 1. The number of carbonyl (C=O) groups is 1. The van der Waals surface area contributed by atoms with Gasteiger partial charge in [-0.15, -0.1) is 0 Å². The molecule has 0 aliphatic carbocycles. The predicted molar refractivity (Wildman–Crippen MR) is 41.6 cm³/mol. The third-order valence-electron chi connectivity index (χ3n) is 2.10. The molecular weight excluding hydrogens is 160 g/mol. The van der Waals surface area contributed by atoms with Gasteiger partial charge in [0.05, 0.1) is 19.1 Å². The van der Waals surface area contributed by atoms with Gasteiger partial charge in [-0.2, -0.15) is 0 Å². The molecule has 0 aromatic rings. The minimum atomic E-state index is -0.611. The van der Waals surface area contributed by atoms with Gasteiger partial charge in [0.25, 0.3) is 0 Å². The number of methoxy groups -OCH3 is 1. The molecule has 70 valence electrons. The Labute approximate surface area is 71.5 Å². The van der Waals surface area contributed by atoms with E-state index in [1.807, 2.05) is 0 Å². The SMILES string of the molecule is COC(=O)C1CCOCCC1O. The summed E-state index contributed by atoms with van der Waals surface area (Å²) in [4.78, 5) is 11.1. The third kappa shape index (κ3) is 2.19. The van der Waals surface area contributed by atoms with Gasteiger partial charge < -0.3 is 14.6 Å². The van der Waals surface area contributed by atoms with Crippen LogP contribution < -0.4 is 0 Å². The van der Waals surface area contributed by atoms with Crippen molar-refractivity contribution in [1.29, 1.82) is 0 Å². The monoisotopic (exact) mass is 174 g/mol. The maximum Gasteiger partial charge on any atom is 0.311 e. The van der Waals surface area contributed by atoms with Gasteiger partial charge in [-0.3, -0.25) is 4.79 Å². The van der Waals surface area contributed by atoms with Crippen LogP contribution >= 0.6 is 0 Å². The Morgan fingerprint density at radius 1 is 1.50 bits per heavy atom. The molecule has 0 spiro atoms. The van der Waals surface area contributed by atoms with Crippen LogP contribution in [0.1, 0.15) is 12.8 Å². The average Bonchev–Trinajstić information content (AvgIpc) is 2.28. The summed E-state index contributed by atoms with van der Waals surface area (Å²) in [5.74, 6) is -0.745. The van der Waals surface area contributed by atoms with Crippen LogP contribution in [-0.4, -0.2) is 37.5 Å². The summed E-state index contributed by atoms with van der Waals surface area (Å²) < 4.78 is 9.68. The number of carbonyl (C=O) groups excluding carboxylic acids is 1. The Kier molecular flexibility index (Phi) is 3.49. The van der Waals surface area contributed by atoms with E-state index in [0.717, 1.165) is 0 Å². The molecule has 1 aliphatic heterocycles. The molecule has 1 fully saturated rings. The topological polar surface area (TPSA) is 55.8 Å². The summed E-state index contributed by atoms with van der Waals surface area (Å²) in [6, 6.07) is 0. The maximum atomic E-state index is 11.1. The van der Waals surface area contributed by atoms with Crippen molar-refractivity contribution in [1.82, 2.24) is 0 Å². The van der Waals surface area contributed by atoms with Gasteiger partial charge in [0, 0.05) is 13.2 Å². The Morgan fingerprint density at radius 2 is 2.17 bits per heavy atom. The molecule has 0 saturated carbocycles. The lowest BCUT2D eigenvalue weighted by Crippen LogP contribution is -2.28. The fourth-order valence-electron chi connectivity index (χ4n) is 1.34. The minimum absolute atomic E-state index is 0.340. The second-order valence-electron chi connectivity index (χ2n) is 2.89. The molecule has 1 aliphatic rings. The molecule has 1 heterocycles. The summed E-state index contributed by atoms with van der Waals surface area (Å²) in [7, 11) is 1.33. The van der Waals surface area contributed by atoms with Gasteiger partial charge in [0.15, 0.2) is 0 Å². The molecule has 1 saturated heterocycles. The predicted octanol–water partition coefficient (Wildman–Crippen LogP) is -0.0531. The van der Waals surface area contributed by atoms with Crippen LogP contribution in [0.2, 0.25) is 0 Å². The largest absolute Gasteiger partial charge is 0.469 e. The molecule has 1 rings (SSSR count). The van der Waals surface area contributed by atoms with Crippen LogP contribution in [-0.2, 0) is 14.3 Å². The van der Waals surface area contributed by atoms with Crippen molar-refractivity contribution in [3.8, 4) is 0 Å². The van der Waals surface area contributed by atoms with E-state index < -0.39 is 12.0 Å². The molecule has 4 nitrogen and oxygen atoms in total. The van der Waals surface area contributed by atoms with E-state index in [2.05, 4.69) is 4.74 Å². The highest BCUT2D eigenvalue weighted by Crippen LogP contribution is 2.17. The normalized spacial score (nSPS) is 30.8. The van der Waals surface area contributed by atoms with Crippen molar-refractivity contribution in [2.75, 3.05) is 20.3 Å². The van der Waals surface area contributed by atoms with Crippen molar-refractivity contribution in [2.24, 2.45) is 5.92 Å². The van der Waals surface area contributed by atoms with Gasteiger partial charge in [-0.1, -0.05) is 0 Å². The van der Waals surface area contributed by atoms with Gasteiger partial charge in [0.1, 0.15) is 0 Å². The number of aliphatic hydroxyl groups excluding tert-OH is 1. The molecule has 0 amide bonds. The zero-order chi connectivity index (χ0) is 8.97. The molecule has 2 unspecified atom stereocenters. The van der Waals surface area contributed by atoms with Crippen molar-refractivity contribution in [2.45, 2.75) is 18.9 Å². The smallest absolute Gasteiger partial charge is 0.311 e. The number of hydrogen-bond acceptors (Lipinski definition) is 4. The van der Waals surface area contributed by atoms with E-state index in [1.54, 1.807) is 0 Å². The number of rotatable bonds is 1. The van der Waals surface area contributed by atoms with Crippen LogP contribution in [0, 0.1) is 5.92 Å². The Morgan fingerprint density at radius 3 is 2.83 bits per heavy atom. The zero-order valence-corrected chi connectivity index (χ0v) is 7.16. The maximum absolute atomic E-state index is 11.1. The molecule has 12 heavy (non-hydrogen) atoms. The molecule has 0 aromatic heterocycles. The van der Waals surface area contributed by atoms with Gasteiger partial charge in [-0.25, -0.2) is 0 Å². The van der Waals surface area contributed by atoms with Crippen LogP contribution in [0.25, 0.3) is 0 Å². The highest BCUT2D eigenvalue weighted by atomic mass is 16.5. The molecule has 4 heteroatoms. The second kappa shape index (κ2) is 4.42. The second-order valence-corrected chi connectivity index (χ2v) is 2.89. The fraction of sp³-hybridized carbons (Fsp3) is 0.875. The molecule has 1 N–H and O–H groups in total. The highest BCUT2D eigenvalue weighted by molar-refractivity contribution is 5.72. The van der Waals surface area contributed by atoms with E-state index in [4.69, 9.17) is 4.74 Å². The first-order valence-corrected chi connectivity index (χ1v) is 4.09. The summed E-state index contributed by atoms with van der Waals surface area (Å²) >= 11 is 0. The van der Waals surface area contributed by atoms with E-state index in [-0.39, 0.29) is 5.97 Å². The summed E-state index contributed by atoms with van der Waals surface area (Å²) in [5.41, 5.74) is 0. The molecular formula is C8H14O4. The standard InChI is InChI=1S/C8H14O4/c1-11-8(10)6-2-4-12-5-3-7(6)9/h6-7,9H,2-5H2,1H3. The van der Waals surface area contributed by atoms with E-state index >= 15 is 0 Å². The summed E-state index contributed by atoms with van der Waals surface area (Å²) in [6.07, 6.45) is 0.452. The Hall–Kier alpha value is -0.610. The lowest BCUT2D eigenvalue weighted by Gasteiger charge is -2.16. The van der Waals surface area contributed by atoms with Crippen molar-refractivity contribution in [3.05, 3.63) is 0 Å². The summed E-state index contributed by atoms with van der Waals surface area (Å²) in [5, 5.41) is 9.47. The van der Waals surface area contributed by atoms with Crippen LogP contribution in [0.4, 0.5) is 0 Å². The molecule has 0 aromatic carbocycles. The lowest BCUT2D eigenvalue weighted by atomic mass is 9.98. The van der Waals surface area contributed by atoms with Crippen molar-refractivity contribution in [3.63, 3.8) is 0 Å². The van der Waals surface area contributed by atoms with E-state index in [9.17, 15) is 9.90 Å². The summed E-state index contributed by atoms with van der Waals surface area (Å²) in [6.45, 7) is 1.05. The highest BCUT2D eigenvalue weighted by Gasteiger charge is 2.28. The first kappa shape index (κ1) is 9.48. The Bertz CT molecular complexity index is 157. The van der Waals surface area contributed by atoms with Gasteiger partial charge >= 0.3 is 5.97 Å².